The summed E-state index contributed by atoms with van der Waals surface area (Å²) in [6.45, 7) is 2.26. The second kappa shape index (κ2) is 11.7. The minimum absolute atomic E-state index is 0.150. The number of Topliss-reactive ketones (excluding diaryl/α,β-unsaturated/α-hetero) is 1. The highest BCUT2D eigenvalue weighted by Gasteiger charge is 2.66. The summed E-state index contributed by atoms with van der Waals surface area (Å²) in [7, 11) is 2.97. The van der Waals surface area contributed by atoms with E-state index < -0.39 is 35.0 Å². The van der Waals surface area contributed by atoms with Gasteiger partial charge in [0, 0.05) is 41.6 Å². The van der Waals surface area contributed by atoms with Gasteiger partial charge in [0.25, 0.3) is 0 Å². The number of likely N-dealkylation sites (tertiary alicyclic amines) is 1. The van der Waals surface area contributed by atoms with Crippen molar-refractivity contribution in [2.75, 3.05) is 20.8 Å². The minimum atomic E-state index is -1.47. The smallest absolute Gasteiger partial charge is 0.233 e. The van der Waals surface area contributed by atoms with Crippen LogP contribution in [0, 0.1) is 23.7 Å². The molecule has 1 saturated heterocycles. The number of aromatic hydroxyl groups is 1. The lowest BCUT2D eigenvalue weighted by atomic mass is 9.44. The minimum Gasteiger partial charge on any atom is -0.507 e. The average molecular weight is 632 g/mol. The number of hydrogen-bond donors (Lipinski definition) is 1. The number of benzene rings is 3. The van der Waals surface area contributed by atoms with E-state index in [9.17, 15) is 19.5 Å². The first-order chi connectivity index (χ1) is 22.8. The fourth-order valence-corrected chi connectivity index (χ4v) is 8.86. The van der Waals surface area contributed by atoms with Crippen molar-refractivity contribution in [2.45, 2.75) is 37.5 Å². The monoisotopic (exact) mass is 631 g/mol. The van der Waals surface area contributed by atoms with Gasteiger partial charge in [0.05, 0.1) is 31.5 Å². The summed E-state index contributed by atoms with van der Waals surface area (Å²) in [6.07, 6.45) is 4.60. The van der Waals surface area contributed by atoms with Gasteiger partial charge in [0.15, 0.2) is 11.6 Å². The molecule has 0 spiro atoms. The van der Waals surface area contributed by atoms with E-state index >= 15 is 4.79 Å². The molecule has 1 N–H and O–H groups in total. The van der Waals surface area contributed by atoms with Crippen LogP contribution in [0.1, 0.15) is 48.8 Å². The Labute approximate surface area is 273 Å². The van der Waals surface area contributed by atoms with Crippen molar-refractivity contribution in [1.82, 2.24) is 4.90 Å². The Hall–Kier alpha value is -4.98. The van der Waals surface area contributed by atoms with Gasteiger partial charge in [-0.1, -0.05) is 79.2 Å². The second-order valence-corrected chi connectivity index (χ2v) is 12.9. The highest BCUT2D eigenvalue weighted by Crippen LogP contribution is 2.65. The number of ketones is 2. The molecule has 2 fully saturated rings. The van der Waals surface area contributed by atoms with E-state index in [1.54, 1.807) is 6.07 Å². The van der Waals surface area contributed by atoms with Crippen molar-refractivity contribution in [2.24, 2.45) is 23.7 Å². The fourth-order valence-electron chi connectivity index (χ4n) is 8.86. The number of ether oxygens (including phenoxy) is 2. The van der Waals surface area contributed by atoms with Crippen LogP contribution in [0.4, 0.5) is 0 Å². The normalized spacial score (nSPS) is 28.2. The van der Waals surface area contributed by atoms with E-state index in [0.29, 0.717) is 53.1 Å². The van der Waals surface area contributed by atoms with Crippen molar-refractivity contribution < 1.29 is 33.8 Å². The molecule has 1 aliphatic heterocycles. The van der Waals surface area contributed by atoms with Crippen molar-refractivity contribution in [3.05, 3.63) is 107 Å². The Morgan fingerprint density at radius 3 is 2.26 bits per heavy atom. The van der Waals surface area contributed by atoms with Gasteiger partial charge in [-0.3, -0.25) is 24.1 Å². The number of nitrogens with zero attached hydrogens (tertiary/aromatic N) is 1. The van der Waals surface area contributed by atoms with E-state index in [4.69, 9.17) is 9.47 Å². The highest BCUT2D eigenvalue weighted by molar-refractivity contribution is 6.31. The number of phenols is 1. The molecule has 1 heterocycles. The van der Waals surface area contributed by atoms with E-state index in [1.807, 2.05) is 73.7 Å². The third-order valence-corrected chi connectivity index (χ3v) is 10.8. The van der Waals surface area contributed by atoms with Gasteiger partial charge in [-0.2, -0.15) is 0 Å². The molecule has 6 atom stereocenters. The molecule has 0 unspecified atom stereocenters. The molecule has 0 bridgehead atoms. The molecular weight excluding hydrogens is 594 g/mol. The summed E-state index contributed by atoms with van der Waals surface area (Å²) in [5, 5.41) is 11.8. The molecule has 8 nitrogen and oxygen atoms in total. The quantitative estimate of drug-likeness (QED) is 0.265. The number of rotatable bonds is 7. The van der Waals surface area contributed by atoms with E-state index in [2.05, 4.69) is 0 Å². The molecule has 3 aromatic carbocycles. The lowest BCUT2D eigenvalue weighted by molar-refractivity contribution is -0.140. The molecule has 7 rings (SSSR count). The van der Waals surface area contributed by atoms with Gasteiger partial charge < -0.3 is 14.6 Å². The molecule has 240 valence electrons. The molecule has 4 aliphatic rings. The Morgan fingerprint density at radius 1 is 0.894 bits per heavy atom. The standard InChI is InChI=1S/C39H37NO7/c1-4-17-40-37(44)26-16-15-25-28(33(26)38(40)45)20-29-36(43)27(22-11-7-5-8-12-22)21-32(42)39(29,23-13-9-6-10-14-23)35(25)34-30(41)18-24(46-2)19-31(34)47-3/h5-15,18-19,21,26,28-29,33,35,41H,4,16-17,20H2,1-3H3/t26-,28+,29-,33-,35+,39-/m0/s1. The van der Waals surface area contributed by atoms with Gasteiger partial charge in [-0.15, -0.1) is 0 Å². The summed E-state index contributed by atoms with van der Waals surface area (Å²) in [4.78, 5) is 59.1. The summed E-state index contributed by atoms with van der Waals surface area (Å²) < 4.78 is 11.3. The van der Waals surface area contributed by atoms with Crippen molar-refractivity contribution >= 4 is 29.0 Å². The summed E-state index contributed by atoms with van der Waals surface area (Å²) in [6, 6.07) is 21.5. The number of hydrogen-bond acceptors (Lipinski definition) is 7. The van der Waals surface area contributed by atoms with Crippen LogP contribution in [0.3, 0.4) is 0 Å². The molecule has 2 amide bonds. The van der Waals surface area contributed by atoms with Crippen molar-refractivity contribution in [3.8, 4) is 17.2 Å². The third kappa shape index (κ3) is 4.41. The fraction of sp³-hybridized carbons (Fsp3) is 0.333. The van der Waals surface area contributed by atoms with Crippen molar-refractivity contribution in [3.63, 3.8) is 0 Å². The van der Waals surface area contributed by atoms with E-state index in [1.165, 1.54) is 31.3 Å². The first kappa shape index (κ1) is 30.7. The maximum Gasteiger partial charge on any atom is 0.233 e. The Balaban J connectivity index is 1.54. The Kier molecular flexibility index (Phi) is 7.62. The first-order valence-corrected chi connectivity index (χ1v) is 16.2. The molecule has 0 radical (unpaired) electrons. The van der Waals surface area contributed by atoms with Gasteiger partial charge in [-0.25, -0.2) is 0 Å². The molecule has 0 aromatic heterocycles. The Morgan fingerprint density at radius 2 is 1.60 bits per heavy atom. The van der Waals surface area contributed by atoms with Crippen LogP contribution >= 0.6 is 0 Å². The zero-order valence-corrected chi connectivity index (χ0v) is 26.6. The molecule has 1 saturated carbocycles. The number of fused-ring (bicyclic) bond motifs is 4. The maximum absolute atomic E-state index is 15.1. The summed E-state index contributed by atoms with van der Waals surface area (Å²) >= 11 is 0. The number of methoxy groups -OCH3 is 2. The Bertz CT molecular complexity index is 1850. The highest BCUT2D eigenvalue weighted by atomic mass is 16.5. The summed E-state index contributed by atoms with van der Waals surface area (Å²) in [5.41, 5.74) is 1.23. The van der Waals surface area contributed by atoms with Crippen LogP contribution in [0.2, 0.25) is 0 Å². The molecule has 3 aromatic rings. The lowest BCUT2D eigenvalue weighted by Crippen LogP contribution is -2.58. The topological polar surface area (TPSA) is 110 Å². The van der Waals surface area contributed by atoms with Crippen LogP contribution in [-0.2, 0) is 24.6 Å². The van der Waals surface area contributed by atoms with Crippen LogP contribution in [0.25, 0.3) is 5.57 Å². The van der Waals surface area contributed by atoms with Gasteiger partial charge in [0.2, 0.25) is 11.8 Å². The predicted molar refractivity (Wildman–Crippen MR) is 175 cm³/mol. The molecule has 3 aliphatic carbocycles. The average Bonchev–Trinajstić information content (AvgIpc) is 3.34. The number of phenolic OH excluding ortho intramolecular Hbond substituents is 1. The van der Waals surface area contributed by atoms with Crippen LogP contribution in [0.15, 0.2) is 90.5 Å². The van der Waals surface area contributed by atoms with Crippen LogP contribution in [-0.4, -0.2) is 54.2 Å². The third-order valence-electron chi connectivity index (χ3n) is 10.8. The predicted octanol–water partition coefficient (Wildman–Crippen LogP) is 5.64. The van der Waals surface area contributed by atoms with Gasteiger partial charge in [-0.05, 0) is 42.4 Å². The van der Waals surface area contributed by atoms with Gasteiger partial charge >= 0.3 is 0 Å². The number of amides is 2. The van der Waals surface area contributed by atoms with E-state index in [0.717, 1.165) is 5.57 Å². The van der Waals surface area contributed by atoms with Gasteiger partial charge in [0.1, 0.15) is 17.2 Å². The molecule has 47 heavy (non-hydrogen) atoms. The largest absolute Gasteiger partial charge is 0.507 e. The zero-order chi connectivity index (χ0) is 33.0. The molecular formula is C39H37NO7. The van der Waals surface area contributed by atoms with Crippen LogP contribution < -0.4 is 9.47 Å². The number of carbonyl (C=O) groups excluding carboxylic acids is 4. The number of carbonyl (C=O) groups is 4. The zero-order valence-electron chi connectivity index (χ0n) is 26.6. The molecule has 8 heteroatoms. The lowest BCUT2D eigenvalue weighted by Gasteiger charge is -2.55. The summed E-state index contributed by atoms with van der Waals surface area (Å²) in [5.74, 6) is -3.91. The number of imide groups is 1. The SMILES string of the molecule is CCCN1C(=O)[C@H]2[C@H](CC=C3[C@H]2C[C@H]2C(=O)C(c4ccccc4)=CC(=O)[C@@]2(c2ccccc2)[C@H]3c2c(O)cc(OC)cc2OC)C1=O. The van der Waals surface area contributed by atoms with Crippen molar-refractivity contribution in [1.29, 1.82) is 0 Å². The maximum atomic E-state index is 15.1. The van der Waals surface area contributed by atoms with E-state index in [-0.39, 0.29) is 35.6 Å². The second-order valence-electron chi connectivity index (χ2n) is 12.9. The first-order valence-electron chi connectivity index (χ1n) is 16.2. The number of allylic oxidation sites excluding steroid dienone is 4. The van der Waals surface area contributed by atoms with Crippen LogP contribution in [0.5, 0.6) is 17.2 Å².